The summed E-state index contributed by atoms with van der Waals surface area (Å²) < 4.78 is 11.6. The maximum atomic E-state index is 11.1. The second-order valence-electron chi connectivity index (χ2n) is 4.23. The third kappa shape index (κ3) is 2.65. The molecule has 19 heavy (non-hydrogen) atoms. The molecule has 0 unspecified atom stereocenters. The van der Waals surface area contributed by atoms with Crippen molar-refractivity contribution in [2.75, 3.05) is 7.11 Å². The standard InChI is InChI=1S/C12H15N3O4/c1-7-11(12(16)17)8(2)15(13-7)5-9-4-10(6-18-3)19-14-9/h4H,5-6H2,1-3H3,(H,16,17). The van der Waals surface area contributed by atoms with E-state index in [4.69, 9.17) is 14.4 Å². The van der Waals surface area contributed by atoms with Crippen LogP contribution in [0.15, 0.2) is 10.6 Å². The Kier molecular flexibility index (Phi) is 3.66. The van der Waals surface area contributed by atoms with Gasteiger partial charge in [0.15, 0.2) is 5.76 Å². The highest BCUT2D eigenvalue weighted by molar-refractivity contribution is 5.90. The van der Waals surface area contributed by atoms with Crippen LogP contribution >= 0.6 is 0 Å². The van der Waals surface area contributed by atoms with Gasteiger partial charge in [0.25, 0.3) is 0 Å². The van der Waals surface area contributed by atoms with Crippen LogP contribution < -0.4 is 0 Å². The van der Waals surface area contributed by atoms with Crippen LogP contribution in [-0.2, 0) is 17.9 Å². The van der Waals surface area contributed by atoms with Crippen molar-refractivity contribution in [3.05, 3.63) is 34.5 Å². The van der Waals surface area contributed by atoms with Gasteiger partial charge < -0.3 is 14.4 Å². The number of aryl methyl sites for hydroxylation is 1. The molecule has 2 heterocycles. The Morgan fingerprint density at radius 3 is 2.84 bits per heavy atom. The van der Waals surface area contributed by atoms with E-state index in [-0.39, 0.29) is 5.56 Å². The molecule has 102 valence electrons. The molecular formula is C12H15N3O4. The Morgan fingerprint density at radius 1 is 1.53 bits per heavy atom. The molecule has 0 bridgehead atoms. The van der Waals surface area contributed by atoms with E-state index in [9.17, 15) is 4.79 Å². The Labute approximate surface area is 109 Å². The first-order valence-corrected chi connectivity index (χ1v) is 5.73. The molecular weight excluding hydrogens is 250 g/mol. The Morgan fingerprint density at radius 2 is 2.26 bits per heavy atom. The van der Waals surface area contributed by atoms with E-state index in [2.05, 4.69) is 10.3 Å². The molecule has 0 saturated heterocycles. The van der Waals surface area contributed by atoms with Gasteiger partial charge in [0.1, 0.15) is 17.9 Å². The van der Waals surface area contributed by atoms with Crippen LogP contribution in [0.3, 0.4) is 0 Å². The summed E-state index contributed by atoms with van der Waals surface area (Å²) in [5, 5.41) is 17.2. The number of aromatic carboxylic acids is 1. The maximum absolute atomic E-state index is 11.1. The van der Waals surface area contributed by atoms with Gasteiger partial charge in [-0.1, -0.05) is 5.16 Å². The lowest BCUT2D eigenvalue weighted by Crippen LogP contribution is -2.06. The highest BCUT2D eigenvalue weighted by Gasteiger charge is 2.18. The minimum Gasteiger partial charge on any atom is -0.478 e. The number of hydrogen-bond acceptors (Lipinski definition) is 5. The van der Waals surface area contributed by atoms with Crippen molar-refractivity contribution in [3.8, 4) is 0 Å². The Balaban J connectivity index is 2.23. The summed E-state index contributed by atoms with van der Waals surface area (Å²) in [7, 11) is 1.57. The average Bonchev–Trinajstić information content (AvgIpc) is 2.86. The van der Waals surface area contributed by atoms with Gasteiger partial charge in [-0.05, 0) is 13.8 Å². The molecule has 0 fully saturated rings. The molecule has 2 aromatic rings. The largest absolute Gasteiger partial charge is 0.478 e. The number of nitrogens with zero attached hydrogens (tertiary/aromatic N) is 3. The van der Waals surface area contributed by atoms with Crippen molar-refractivity contribution in [1.29, 1.82) is 0 Å². The first kappa shape index (κ1) is 13.3. The Hall–Kier alpha value is -2.15. The molecule has 0 aliphatic rings. The van der Waals surface area contributed by atoms with E-state index in [1.54, 1.807) is 31.7 Å². The summed E-state index contributed by atoms with van der Waals surface area (Å²) >= 11 is 0. The summed E-state index contributed by atoms with van der Waals surface area (Å²) in [5.41, 5.74) is 2.00. The van der Waals surface area contributed by atoms with E-state index < -0.39 is 5.97 Å². The fourth-order valence-electron chi connectivity index (χ4n) is 1.95. The van der Waals surface area contributed by atoms with Crippen LogP contribution in [-0.4, -0.2) is 33.1 Å². The molecule has 0 amide bonds. The van der Waals surface area contributed by atoms with Crippen molar-refractivity contribution in [2.24, 2.45) is 0 Å². The molecule has 7 heteroatoms. The van der Waals surface area contributed by atoms with Crippen LogP contribution in [0.1, 0.15) is 33.2 Å². The Bertz CT molecular complexity index is 600. The van der Waals surface area contributed by atoms with Crippen LogP contribution in [0.5, 0.6) is 0 Å². The molecule has 2 rings (SSSR count). The molecule has 0 radical (unpaired) electrons. The predicted molar refractivity (Wildman–Crippen MR) is 65.0 cm³/mol. The average molecular weight is 265 g/mol. The zero-order valence-electron chi connectivity index (χ0n) is 11.0. The number of aromatic nitrogens is 3. The second kappa shape index (κ2) is 5.23. The van der Waals surface area contributed by atoms with Gasteiger partial charge in [0.05, 0.1) is 17.9 Å². The van der Waals surface area contributed by atoms with E-state index in [1.807, 2.05) is 0 Å². The van der Waals surface area contributed by atoms with Crippen molar-refractivity contribution in [3.63, 3.8) is 0 Å². The number of carboxylic acid groups (broad SMARTS) is 1. The van der Waals surface area contributed by atoms with E-state index in [0.717, 1.165) is 0 Å². The van der Waals surface area contributed by atoms with E-state index in [0.29, 0.717) is 36.0 Å². The number of carboxylic acids is 1. The summed E-state index contributed by atoms with van der Waals surface area (Å²) in [5.74, 6) is -0.348. The quantitative estimate of drug-likeness (QED) is 0.878. The maximum Gasteiger partial charge on any atom is 0.339 e. The molecule has 2 aromatic heterocycles. The first-order valence-electron chi connectivity index (χ1n) is 5.73. The molecule has 0 aromatic carbocycles. The lowest BCUT2D eigenvalue weighted by molar-refractivity contribution is 0.0695. The lowest BCUT2D eigenvalue weighted by Gasteiger charge is -2.00. The minimum absolute atomic E-state index is 0.237. The fraction of sp³-hybridized carbons (Fsp3) is 0.417. The summed E-state index contributed by atoms with van der Waals surface area (Å²) in [4.78, 5) is 11.1. The van der Waals surface area contributed by atoms with Crippen LogP contribution in [0.25, 0.3) is 0 Å². The fourth-order valence-corrected chi connectivity index (χ4v) is 1.95. The van der Waals surface area contributed by atoms with Gasteiger partial charge in [0, 0.05) is 13.2 Å². The molecule has 7 nitrogen and oxygen atoms in total. The SMILES string of the molecule is COCc1cc(Cn2nc(C)c(C(=O)O)c2C)no1. The highest BCUT2D eigenvalue weighted by Crippen LogP contribution is 2.15. The summed E-state index contributed by atoms with van der Waals surface area (Å²) in [6.07, 6.45) is 0. The third-order valence-corrected chi connectivity index (χ3v) is 2.80. The van der Waals surface area contributed by atoms with Crippen molar-refractivity contribution in [1.82, 2.24) is 14.9 Å². The zero-order valence-corrected chi connectivity index (χ0v) is 11.0. The van der Waals surface area contributed by atoms with Crippen LogP contribution in [0.2, 0.25) is 0 Å². The molecule has 0 aliphatic heterocycles. The van der Waals surface area contributed by atoms with Gasteiger partial charge in [-0.2, -0.15) is 5.10 Å². The number of rotatable bonds is 5. The van der Waals surface area contributed by atoms with Crippen LogP contribution in [0.4, 0.5) is 0 Å². The number of hydrogen-bond donors (Lipinski definition) is 1. The summed E-state index contributed by atoms with van der Waals surface area (Å²) in [6, 6.07) is 1.76. The second-order valence-corrected chi connectivity index (χ2v) is 4.23. The van der Waals surface area contributed by atoms with Crippen molar-refractivity contribution < 1.29 is 19.2 Å². The van der Waals surface area contributed by atoms with Gasteiger partial charge in [-0.25, -0.2) is 4.79 Å². The molecule has 0 spiro atoms. The lowest BCUT2D eigenvalue weighted by atomic mass is 10.2. The van der Waals surface area contributed by atoms with Gasteiger partial charge >= 0.3 is 5.97 Å². The van der Waals surface area contributed by atoms with Crippen molar-refractivity contribution in [2.45, 2.75) is 27.0 Å². The summed E-state index contributed by atoms with van der Waals surface area (Å²) in [6.45, 7) is 4.11. The van der Waals surface area contributed by atoms with E-state index >= 15 is 0 Å². The third-order valence-electron chi connectivity index (χ3n) is 2.80. The topological polar surface area (TPSA) is 90.4 Å². The van der Waals surface area contributed by atoms with Gasteiger partial charge in [0.2, 0.25) is 0 Å². The van der Waals surface area contributed by atoms with Gasteiger partial charge in [-0.3, -0.25) is 4.68 Å². The zero-order chi connectivity index (χ0) is 14.0. The molecule has 0 saturated carbocycles. The normalized spacial score (nSPS) is 10.9. The van der Waals surface area contributed by atoms with Gasteiger partial charge in [-0.15, -0.1) is 0 Å². The molecule has 1 N–H and O–H groups in total. The number of carbonyl (C=O) groups is 1. The smallest absolute Gasteiger partial charge is 0.339 e. The number of ether oxygens (including phenoxy) is 1. The van der Waals surface area contributed by atoms with Crippen molar-refractivity contribution >= 4 is 5.97 Å². The highest BCUT2D eigenvalue weighted by atomic mass is 16.5. The van der Waals surface area contributed by atoms with Crippen LogP contribution in [0, 0.1) is 13.8 Å². The predicted octanol–water partition coefficient (Wildman–Crippen LogP) is 1.38. The minimum atomic E-state index is -0.971. The first-order chi connectivity index (χ1) is 9.02. The number of methoxy groups -OCH3 is 1. The molecule has 0 atom stereocenters. The molecule has 0 aliphatic carbocycles. The van der Waals surface area contributed by atoms with E-state index in [1.165, 1.54) is 0 Å². The monoisotopic (exact) mass is 265 g/mol.